The Morgan fingerprint density at radius 2 is 1.01 bits per heavy atom. The number of benzene rings is 6. The molecule has 0 spiro atoms. The third kappa shape index (κ3) is 9.01. The normalized spacial score (nSPS) is 12.9. The average Bonchev–Trinajstić information content (AvgIpc) is 4.12. The second-order valence-electron chi connectivity index (χ2n) is 16.4. The van der Waals surface area contributed by atoms with Gasteiger partial charge in [0.05, 0.1) is 43.0 Å². The molecule has 4 amide bonds. The number of anilines is 3. The first kappa shape index (κ1) is 44.3. The van der Waals surface area contributed by atoms with E-state index >= 15 is 0 Å². The zero-order valence-electron chi connectivity index (χ0n) is 37.7. The highest BCUT2D eigenvalue weighted by Crippen LogP contribution is 2.47. The van der Waals surface area contributed by atoms with E-state index in [1.54, 1.807) is 12.1 Å². The molecule has 0 aliphatic carbocycles. The first-order valence-electron chi connectivity index (χ1n) is 22.0. The van der Waals surface area contributed by atoms with Gasteiger partial charge in [-0.2, -0.15) is 0 Å². The summed E-state index contributed by atoms with van der Waals surface area (Å²) in [6, 6.07) is 45.4. The SMILES string of the molecule is CC(=O)Nc1ccc(C2=C(c3nc4ccccc4s3)C(NC(=O)c3ccccc3C)=NC2=Cc2[nH]c(NC(=O)c3ccccc3C)c(-c3nc4ccccc4s3)c2-c2ccc(NC(C)=O)cc2)cc1. The van der Waals surface area contributed by atoms with Crippen LogP contribution < -0.4 is 21.3 Å². The number of allylic oxidation sites excluding steroid dienone is 1. The number of thiazole rings is 2. The number of aliphatic imine (C=N–C) groups is 1. The summed E-state index contributed by atoms with van der Waals surface area (Å²) in [5.74, 6) is -0.373. The van der Waals surface area contributed by atoms with Gasteiger partial charge in [-0.3, -0.25) is 19.2 Å². The molecule has 0 unspecified atom stereocenters. The van der Waals surface area contributed by atoms with Crippen molar-refractivity contribution >= 4 is 107 Å². The molecule has 9 aromatic rings. The van der Waals surface area contributed by atoms with Crippen molar-refractivity contribution in [1.29, 1.82) is 0 Å². The Bertz CT molecular complexity index is 3570. The van der Waals surface area contributed by atoms with Crippen LogP contribution in [0.2, 0.25) is 0 Å². The summed E-state index contributed by atoms with van der Waals surface area (Å²) < 4.78 is 1.91. The molecule has 12 nitrogen and oxygen atoms in total. The minimum Gasteiger partial charge on any atom is -0.341 e. The Morgan fingerprint density at radius 1 is 0.522 bits per heavy atom. The van der Waals surface area contributed by atoms with Crippen molar-refractivity contribution in [3.05, 3.63) is 190 Å². The summed E-state index contributed by atoms with van der Waals surface area (Å²) in [6.45, 7) is 6.69. The van der Waals surface area contributed by atoms with E-state index in [0.29, 0.717) is 77.8 Å². The van der Waals surface area contributed by atoms with Gasteiger partial charge in [0.25, 0.3) is 11.8 Å². The van der Waals surface area contributed by atoms with Gasteiger partial charge in [-0.25, -0.2) is 15.0 Å². The molecule has 338 valence electrons. The minimum atomic E-state index is -0.341. The lowest BCUT2D eigenvalue weighted by molar-refractivity contribution is -0.115. The predicted molar refractivity (Wildman–Crippen MR) is 280 cm³/mol. The fourth-order valence-electron chi connectivity index (χ4n) is 8.36. The molecule has 1 aliphatic heterocycles. The highest BCUT2D eigenvalue weighted by Gasteiger charge is 2.32. The van der Waals surface area contributed by atoms with Gasteiger partial charge in [0.15, 0.2) is 0 Å². The quantitative estimate of drug-likeness (QED) is 0.0914. The number of nitrogens with one attached hydrogen (secondary N) is 5. The van der Waals surface area contributed by atoms with Crippen LogP contribution in [0.5, 0.6) is 0 Å². The second kappa shape index (κ2) is 18.6. The summed E-state index contributed by atoms with van der Waals surface area (Å²) in [4.78, 5) is 72.0. The Balaban J connectivity index is 1.25. The number of amides is 4. The van der Waals surface area contributed by atoms with Gasteiger partial charge in [0.1, 0.15) is 21.7 Å². The van der Waals surface area contributed by atoms with Crippen LogP contribution in [0.3, 0.4) is 0 Å². The van der Waals surface area contributed by atoms with E-state index in [0.717, 1.165) is 42.7 Å². The third-order valence-corrected chi connectivity index (χ3v) is 13.6. The lowest BCUT2D eigenvalue weighted by atomic mass is 9.96. The number of aromatic nitrogens is 3. The number of para-hydroxylation sites is 2. The Labute approximate surface area is 404 Å². The van der Waals surface area contributed by atoms with E-state index < -0.39 is 0 Å². The van der Waals surface area contributed by atoms with Crippen LogP contribution in [0.1, 0.15) is 62.0 Å². The summed E-state index contributed by atoms with van der Waals surface area (Å²) in [5.41, 5.74) is 10.5. The Hall–Kier alpha value is -8.59. The van der Waals surface area contributed by atoms with Crippen molar-refractivity contribution in [2.45, 2.75) is 27.7 Å². The van der Waals surface area contributed by atoms with E-state index in [-0.39, 0.29) is 23.6 Å². The molecule has 3 aromatic heterocycles. The predicted octanol–water partition coefficient (Wildman–Crippen LogP) is 12.1. The van der Waals surface area contributed by atoms with Crippen molar-refractivity contribution in [3.8, 4) is 21.7 Å². The molecule has 69 heavy (non-hydrogen) atoms. The van der Waals surface area contributed by atoms with Gasteiger partial charge in [0, 0.05) is 47.5 Å². The first-order valence-corrected chi connectivity index (χ1v) is 23.6. The van der Waals surface area contributed by atoms with E-state index in [1.165, 1.54) is 36.5 Å². The van der Waals surface area contributed by atoms with Gasteiger partial charge in [-0.15, -0.1) is 22.7 Å². The number of rotatable bonds is 10. The molecule has 0 bridgehead atoms. The molecule has 6 aromatic carbocycles. The summed E-state index contributed by atoms with van der Waals surface area (Å²) in [6.07, 6.45) is 1.91. The molecule has 10 rings (SSSR count). The summed E-state index contributed by atoms with van der Waals surface area (Å²) in [7, 11) is 0. The number of aryl methyl sites for hydroxylation is 2. The molecule has 0 fully saturated rings. The van der Waals surface area contributed by atoms with Gasteiger partial charge in [-0.05, 0) is 103 Å². The van der Waals surface area contributed by atoms with Crippen molar-refractivity contribution in [2.75, 3.05) is 16.0 Å². The van der Waals surface area contributed by atoms with Crippen LogP contribution in [0.15, 0.2) is 156 Å². The van der Waals surface area contributed by atoms with Crippen LogP contribution in [0, 0.1) is 13.8 Å². The van der Waals surface area contributed by atoms with E-state index in [9.17, 15) is 19.2 Å². The van der Waals surface area contributed by atoms with E-state index in [1.807, 2.05) is 153 Å². The Morgan fingerprint density at radius 3 is 1.57 bits per heavy atom. The standard InChI is InChI=1S/C55H42N8O4S2/c1-30-13-5-7-15-38(30)52(66)62-50-48(54-60-40-17-9-11-19-44(40)68-54)46(34-21-25-36(26-22-34)56-32(3)64)42(58-50)29-43-47(35-23-27-37(28-24-35)57-33(4)65)49(55-61-41-18-10-12-20-45(41)69-55)51(59-43)63-53(67)39-16-8-6-14-31(39)2/h5-29,58H,1-4H3,(H,56,64)(H,57,65)(H,62,66)(H,59,63,67). The van der Waals surface area contributed by atoms with Gasteiger partial charge < -0.3 is 26.3 Å². The molecule has 0 radical (unpaired) electrons. The highest BCUT2D eigenvalue weighted by atomic mass is 32.1. The van der Waals surface area contributed by atoms with Crippen LogP contribution in [0.4, 0.5) is 17.2 Å². The van der Waals surface area contributed by atoms with Crippen molar-refractivity contribution in [3.63, 3.8) is 0 Å². The van der Waals surface area contributed by atoms with Crippen molar-refractivity contribution in [2.24, 2.45) is 4.99 Å². The number of carbonyl (C=O) groups excluding carboxylic acids is 4. The lowest BCUT2D eigenvalue weighted by Gasteiger charge is -2.12. The topological polar surface area (TPSA) is 170 Å². The molecule has 0 atom stereocenters. The molecule has 14 heteroatoms. The fourth-order valence-corrected chi connectivity index (χ4v) is 10.4. The zero-order valence-corrected chi connectivity index (χ0v) is 39.4. The zero-order chi connectivity index (χ0) is 47.8. The highest BCUT2D eigenvalue weighted by molar-refractivity contribution is 7.21. The van der Waals surface area contributed by atoms with Crippen molar-refractivity contribution in [1.82, 2.24) is 20.3 Å². The van der Waals surface area contributed by atoms with E-state index in [2.05, 4.69) is 26.3 Å². The van der Waals surface area contributed by atoms with Crippen LogP contribution in [-0.2, 0) is 9.59 Å². The summed E-state index contributed by atoms with van der Waals surface area (Å²) in [5, 5.41) is 13.4. The fraction of sp³-hybridized carbons (Fsp3) is 0.0727. The molecule has 0 saturated heterocycles. The second-order valence-corrected chi connectivity index (χ2v) is 18.5. The maximum Gasteiger partial charge on any atom is 0.257 e. The van der Waals surface area contributed by atoms with Crippen molar-refractivity contribution < 1.29 is 19.2 Å². The van der Waals surface area contributed by atoms with Gasteiger partial charge >= 0.3 is 0 Å². The maximum absolute atomic E-state index is 14.3. The van der Waals surface area contributed by atoms with Crippen LogP contribution >= 0.6 is 22.7 Å². The third-order valence-electron chi connectivity index (χ3n) is 11.5. The monoisotopic (exact) mass is 942 g/mol. The van der Waals surface area contributed by atoms with Crippen LogP contribution in [0.25, 0.3) is 59.4 Å². The summed E-state index contributed by atoms with van der Waals surface area (Å²) >= 11 is 2.98. The van der Waals surface area contributed by atoms with Crippen LogP contribution in [-0.4, -0.2) is 44.4 Å². The molecule has 5 N–H and O–H groups in total. The van der Waals surface area contributed by atoms with E-state index in [4.69, 9.17) is 15.0 Å². The molecular weight excluding hydrogens is 901 g/mol. The molecule has 0 saturated carbocycles. The number of aromatic amines is 1. The number of hydrogen-bond donors (Lipinski definition) is 5. The largest absolute Gasteiger partial charge is 0.341 e. The number of nitrogens with zero attached hydrogens (tertiary/aromatic N) is 3. The number of carbonyl (C=O) groups is 4. The number of H-pyrrole nitrogens is 1. The minimum absolute atomic E-state index is 0.205. The molecule has 4 heterocycles. The van der Waals surface area contributed by atoms with Gasteiger partial charge in [-0.1, -0.05) is 84.9 Å². The first-order chi connectivity index (χ1) is 33.5. The number of fused-ring (bicyclic) bond motifs is 2. The molecular formula is C55H42N8O4S2. The maximum atomic E-state index is 14.3. The lowest BCUT2D eigenvalue weighted by Crippen LogP contribution is -2.31. The number of hydrogen-bond acceptors (Lipinski definition) is 9. The Kier molecular flexibility index (Phi) is 11.9. The molecule has 1 aliphatic rings. The smallest absolute Gasteiger partial charge is 0.257 e. The van der Waals surface area contributed by atoms with Gasteiger partial charge in [0.2, 0.25) is 11.8 Å². The number of amidine groups is 1. The average molecular weight is 943 g/mol.